The van der Waals surface area contributed by atoms with Crippen LogP contribution in [0.1, 0.15) is 6.92 Å². The molecule has 1 saturated heterocycles. The minimum absolute atomic E-state index is 0.719. The van der Waals surface area contributed by atoms with Gasteiger partial charge >= 0.3 is 0 Å². The summed E-state index contributed by atoms with van der Waals surface area (Å²) in [5.41, 5.74) is 0. The highest BCUT2D eigenvalue weighted by molar-refractivity contribution is 6.08. The van der Waals surface area contributed by atoms with Crippen LogP contribution in [0.25, 0.3) is 0 Å². The first-order valence-corrected chi connectivity index (χ1v) is 3.25. The van der Waals surface area contributed by atoms with Crippen LogP contribution in [0.15, 0.2) is 0 Å². The van der Waals surface area contributed by atoms with E-state index in [1.807, 2.05) is 0 Å². The Hall–Kier alpha value is 0.0249. The standard InChI is InChI=1S/C6H12BN/c1-5(2-7)6-3-8-4-6/h5-6,8H,2-4H2,1H3. The van der Waals surface area contributed by atoms with Crippen molar-refractivity contribution in [1.29, 1.82) is 0 Å². The summed E-state index contributed by atoms with van der Waals surface area (Å²) in [6.07, 6.45) is 0.840. The normalized spacial score (nSPS) is 24.6. The maximum absolute atomic E-state index is 5.45. The largest absolute Gasteiger partial charge is 0.316 e. The molecular weight excluding hydrogens is 96.9 g/mol. The number of nitrogens with one attached hydrogen (secondary N) is 1. The van der Waals surface area contributed by atoms with Crippen molar-refractivity contribution < 1.29 is 0 Å². The van der Waals surface area contributed by atoms with Gasteiger partial charge in [0.15, 0.2) is 0 Å². The molecule has 1 nitrogen and oxygen atoms in total. The van der Waals surface area contributed by atoms with E-state index in [4.69, 9.17) is 7.85 Å². The van der Waals surface area contributed by atoms with E-state index in [0.717, 1.165) is 18.2 Å². The van der Waals surface area contributed by atoms with Gasteiger partial charge in [0.25, 0.3) is 0 Å². The molecule has 0 saturated carbocycles. The maximum atomic E-state index is 5.45. The second-order valence-electron chi connectivity index (χ2n) is 2.63. The molecule has 1 rings (SSSR count). The second-order valence-corrected chi connectivity index (χ2v) is 2.63. The number of rotatable bonds is 2. The fourth-order valence-electron chi connectivity index (χ4n) is 0.906. The zero-order valence-electron chi connectivity index (χ0n) is 5.35. The molecule has 0 aromatic rings. The highest BCUT2D eigenvalue weighted by atomic mass is 14.9. The zero-order chi connectivity index (χ0) is 5.98. The summed E-state index contributed by atoms with van der Waals surface area (Å²) in [5, 5.41) is 3.22. The molecule has 1 heterocycles. The van der Waals surface area contributed by atoms with Gasteiger partial charge in [0, 0.05) is 0 Å². The van der Waals surface area contributed by atoms with Crippen LogP contribution in [0.5, 0.6) is 0 Å². The Bertz CT molecular complexity index is 68.2. The van der Waals surface area contributed by atoms with Crippen molar-refractivity contribution in [2.24, 2.45) is 11.8 Å². The van der Waals surface area contributed by atoms with Crippen LogP contribution >= 0.6 is 0 Å². The molecule has 1 N–H and O–H groups in total. The van der Waals surface area contributed by atoms with Crippen LogP contribution < -0.4 is 5.32 Å². The summed E-state index contributed by atoms with van der Waals surface area (Å²) in [6.45, 7) is 4.57. The topological polar surface area (TPSA) is 12.0 Å². The molecular formula is C6H12BN. The van der Waals surface area contributed by atoms with Gasteiger partial charge in [0.1, 0.15) is 0 Å². The van der Waals surface area contributed by atoms with E-state index in [9.17, 15) is 0 Å². The molecule has 0 bridgehead atoms. The highest BCUT2D eigenvalue weighted by Gasteiger charge is 2.21. The Labute approximate surface area is 52.3 Å². The predicted octanol–water partition coefficient (Wildman–Crippen LogP) is 0.429. The molecule has 2 radical (unpaired) electrons. The van der Waals surface area contributed by atoms with Gasteiger partial charge in [-0.15, -0.1) is 0 Å². The fraction of sp³-hybridized carbons (Fsp3) is 1.00. The van der Waals surface area contributed by atoms with Crippen LogP contribution in [-0.4, -0.2) is 20.9 Å². The first kappa shape index (κ1) is 6.15. The Kier molecular flexibility index (Phi) is 1.95. The average Bonchev–Trinajstić information content (AvgIpc) is 1.62. The van der Waals surface area contributed by atoms with Crippen molar-refractivity contribution >= 4 is 7.85 Å². The molecule has 8 heavy (non-hydrogen) atoms. The third-order valence-corrected chi connectivity index (χ3v) is 1.99. The summed E-state index contributed by atoms with van der Waals surface area (Å²) in [4.78, 5) is 0. The van der Waals surface area contributed by atoms with Gasteiger partial charge in [-0.05, 0) is 24.9 Å². The smallest absolute Gasteiger partial charge is 0.0656 e. The molecule has 1 aliphatic rings. The monoisotopic (exact) mass is 109 g/mol. The molecule has 1 unspecified atom stereocenters. The van der Waals surface area contributed by atoms with Gasteiger partial charge in [0.05, 0.1) is 7.85 Å². The van der Waals surface area contributed by atoms with Crippen LogP contribution in [0.2, 0.25) is 6.32 Å². The van der Waals surface area contributed by atoms with Crippen LogP contribution in [0, 0.1) is 11.8 Å². The Morgan fingerprint density at radius 2 is 2.38 bits per heavy atom. The van der Waals surface area contributed by atoms with Crippen molar-refractivity contribution in [1.82, 2.24) is 5.32 Å². The van der Waals surface area contributed by atoms with Crippen LogP contribution in [-0.2, 0) is 0 Å². The summed E-state index contributed by atoms with van der Waals surface area (Å²) >= 11 is 0. The first-order chi connectivity index (χ1) is 3.84. The summed E-state index contributed by atoms with van der Waals surface area (Å²) in [5.74, 6) is 1.58. The lowest BCUT2D eigenvalue weighted by molar-refractivity contribution is 0.265. The molecule has 0 aromatic heterocycles. The van der Waals surface area contributed by atoms with E-state index >= 15 is 0 Å². The molecule has 0 aliphatic carbocycles. The quantitative estimate of drug-likeness (QED) is 0.507. The van der Waals surface area contributed by atoms with E-state index in [1.54, 1.807) is 0 Å². The van der Waals surface area contributed by atoms with Gasteiger partial charge in [-0.25, -0.2) is 0 Å². The fourth-order valence-corrected chi connectivity index (χ4v) is 0.906. The first-order valence-electron chi connectivity index (χ1n) is 3.25. The van der Waals surface area contributed by atoms with E-state index in [2.05, 4.69) is 12.2 Å². The second kappa shape index (κ2) is 2.54. The molecule has 0 aromatic carbocycles. The summed E-state index contributed by atoms with van der Waals surface area (Å²) in [6, 6.07) is 0. The summed E-state index contributed by atoms with van der Waals surface area (Å²) in [7, 11) is 5.45. The lowest BCUT2D eigenvalue weighted by Gasteiger charge is -2.32. The van der Waals surface area contributed by atoms with Gasteiger partial charge < -0.3 is 5.32 Å². The van der Waals surface area contributed by atoms with Crippen molar-refractivity contribution in [2.45, 2.75) is 13.2 Å². The van der Waals surface area contributed by atoms with Gasteiger partial charge in [-0.1, -0.05) is 13.2 Å². The number of hydrogen-bond donors (Lipinski definition) is 1. The lowest BCUT2D eigenvalue weighted by atomic mass is 9.80. The Morgan fingerprint density at radius 3 is 2.50 bits per heavy atom. The van der Waals surface area contributed by atoms with Crippen LogP contribution in [0.4, 0.5) is 0 Å². The highest BCUT2D eigenvalue weighted by Crippen LogP contribution is 2.17. The van der Waals surface area contributed by atoms with Crippen molar-refractivity contribution in [2.75, 3.05) is 13.1 Å². The van der Waals surface area contributed by atoms with Gasteiger partial charge in [-0.3, -0.25) is 0 Å². The van der Waals surface area contributed by atoms with Crippen molar-refractivity contribution in [3.8, 4) is 0 Å². The zero-order valence-corrected chi connectivity index (χ0v) is 5.35. The Balaban J connectivity index is 2.13. The van der Waals surface area contributed by atoms with E-state index in [1.165, 1.54) is 13.1 Å². The molecule has 1 atom stereocenters. The predicted molar refractivity (Wildman–Crippen MR) is 36.1 cm³/mol. The molecule has 2 heteroatoms. The minimum Gasteiger partial charge on any atom is -0.316 e. The molecule has 1 aliphatic heterocycles. The van der Waals surface area contributed by atoms with E-state index < -0.39 is 0 Å². The average molecular weight is 109 g/mol. The number of hydrogen-bond acceptors (Lipinski definition) is 1. The van der Waals surface area contributed by atoms with Gasteiger partial charge in [0.2, 0.25) is 0 Å². The molecule has 1 fully saturated rings. The molecule has 0 amide bonds. The van der Waals surface area contributed by atoms with E-state index in [-0.39, 0.29) is 0 Å². The minimum atomic E-state index is 0.719. The maximum Gasteiger partial charge on any atom is 0.0656 e. The van der Waals surface area contributed by atoms with Crippen molar-refractivity contribution in [3.05, 3.63) is 0 Å². The third kappa shape index (κ3) is 1.05. The SMILES string of the molecule is [B]CC(C)C1CNC1. The third-order valence-electron chi connectivity index (χ3n) is 1.99. The molecule has 0 spiro atoms. The summed E-state index contributed by atoms with van der Waals surface area (Å²) < 4.78 is 0. The van der Waals surface area contributed by atoms with Gasteiger partial charge in [-0.2, -0.15) is 0 Å². The lowest BCUT2D eigenvalue weighted by Crippen LogP contribution is -2.45. The molecule has 44 valence electrons. The van der Waals surface area contributed by atoms with E-state index in [0.29, 0.717) is 0 Å². The van der Waals surface area contributed by atoms with Crippen molar-refractivity contribution in [3.63, 3.8) is 0 Å². The van der Waals surface area contributed by atoms with Crippen LogP contribution in [0.3, 0.4) is 0 Å². The Morgan fingerprint density at radius 1 is 1.75 bits per heavy atom.